The van der Waals surface area contributed by atoms with E-state index in [1.165, 1.54) is 40.6 Å². The number of carbonyl (C=O) groups excluding carboxylic acids is 2. The summed E-state index contributed by atoms with van der Waals surface area (Å²) in [5.74, 6) is -2.50. The summed E-state index contributed by atoms with van der Waals surface area (Å²) in [6.07, 6.45) is -0.0527. The summed E-state index contributed by atoms with van der Waals surface area (Å²) in [4.78, 5) is 25.0. The first-order chi connectivity index (χ1) is 14.4. The molecule has 1 aliphatic rings. The minimum absolute atomic E-state index is 0.0437. The van der Waals surface area contributed by atoms with Crippen LogP contribution in [0.4, 0.5) is 0 Å². The maximum absolute atomic E-state index is 12.9. The molecule has 0 heterocycles. The average Bonchev–Trinajstić information content (AvgIpc) is 3.05. The van der Waals surface area contributed by atoms with E-state index in [0.717, 1.165) is 0 Å². The van der Waals surface area contributed by atoms with Crippen molar-refractivity contribution in [1.29, 1.82) is 0 Å². The second-order valence-electron chi connectivity index (χ2n) is 7.00. The van der Waals surface area contributed by atoms with Crippen LogP contribution in [-0.4, -0.2) is 50.6 Å². The van der Waals surface area contributed by atoms with Crippen molar-refractivity contribution in [3.8, 4) is 23.0 Å². The van der Waals surface area contributed by atoms with E-state index in [4.69, 9.17) is 18.9 Å². The van der Waals surface area contributed by atoms with Crippen LogP contribution < -0.4 is 9.47 Å². The zero-order valence-electron chi connectivity index (χ0n) is 17.2. The van der Waals surface area contributed by atoms with Crippen LogP contribution >= 0.6 is 0 Å². The molecule has 0 radical (unpaired) electrons. The standard InChI is InChI=1S/C22H24O8/c1-27-17-7-11(5-6-15(17)23)20-13-8-16(24)18(28-2)9-12(13)14(10-19(25)29-3)21(20)22(26)30-4/h5-9,14,20-21,23-24H,10H2,1-4H3/t14-,20-,21-/m1/s1. The fourth-order valence-corrected chi connectivity index (χ4v) is 4.18. The molecule has 3 atom stereocenters. The van der Waals surface area contributed by atoms with Crippen molar-refractivity contribution in [3.63, 3.8) is 0 Å². The molecule has 0 saturated heterocycles. The number of rotatable bonds is 6. The molecular formula is C22H24O8. The van der Waals surface area contributed by atoms with Crippen LogP contribution in [-0.2, 0) is 19.1 Å². The van der Waals surface area contributed by atoms with E-state index < -0.39 is 29.7 Å². The van der Waals surface area contributed by atoms with E-state index in [1.54, 1.807) is 18.2 Å². The Morgan fingerprint density at radius 2 is 1.53 bits per heavy atom. The van der Waals surface area contributed by atoms with Gasteiger partial charge in [-0.1, -0.05) is 6.07 Å². The lowest BCUT2D eigenvalue weighted by Crippen LogP contribution is -2.26. The number of phenols is 2. The van der Waals surface area contributed by atoms with Gasteiger partial charge in [0.1, 0.15) is 0 Å². The van der Waals surface area contributed by atoms with E-state index in [2.05, 4.69) is 0 Å². The fourth-order valence-electron chi connectivity index (χ4n) is 4.18. The summed E-state index contributed by atoms with van der Waals surface area (Å²) in [5, 5.41) is 20.4. The summed E-state index contributed by atoms with van der Waals surface area (Å²) in [6, 6.07) is 7.93. The summed E-state index contributed by atoms with van der Waals surface area (Å²) in [5.41, 5.74) is 2.01. The quantitative estimate of drug-likeness (QED) is 0.692. The largest absolute Gasteiger partial charge is 0.504 e. The van der Waals surface area contributed by atoms with Crippen molar-refractivity contribution in [2.45, 2.75) is 18.3 Å². The summed E-state index contributed by atoms with van der Waals surface area (Å²) in [7, 11) is 5.42. The molecule has 2 aromatic carbocycles. The van der Waals surface area contributed by atoms with Gasteiger partial charge in [0.2, 0.25) is 0 Å². The van der Waals surface area contributed by atoms with Crippen LogP contribution in [0.3, 0.4) is 0 Å². The van der Waals surface area contributed by atoms with Crippen LogP contribution in [0.15, 0.2) is 30.3 Å². The van der Waals surface area contributed by atoms with Crippen LogP contribution in [0.5, 0.6) is 23.0 Å². The van der Waals surface area contributed by atoms with Gasteiger partial charge in [-0.2, -0.15) is 0 Å². The van der Waals surface area contributed by atoms with Crippen LogP contribution in [0.1, 0.15) is 34.9 Å². The molecule has 8 nitrogen and oxygen atoms in total. The van der Waals surface area contributed by atoms with Gasteiger partial charge in [-0.3, -0.25) is 9.59 Å². The van der Waals surface area contributed by atoms with Gasteiger partial charge in [-0.25, -0.2) is 0 Å². The maximum atomic E-state index is 12.9. The third-order valence-electron chi connectivity index (χ3n) is 5.56. The van der Waals surface area contributed by atoms with Crippen molar-refractivity contribution in [2.75, 3.05) is 28.4 Å². The van der Waals surface area contributed by atoms with E-state index >= 15 is 0 Å². The Morgan fingerprint density at radius 1 is 0.867 bits per heavy atom. The van der Waals surface area contributed by atoms with E-state index in [0.29, 0.717) is 16.7 Å². The van der Waals surface area contributed by atoms with Crippen LogP contribution in [0, 0.1) is 5.92 Å². The predicted octanol–water partition coefficient (Wildman–Crippen LogP) is 2.70. The number of phenolic OH excluding ortho intramolecular Hbond substituents is 2. The number of fused-ring (bicyclic) bond motifs is 1. The third-order valence-corrected chi connectivity index (χ3v) is 5.56. The SMILES string of the molecule is COC(=O)C[C@@H]1c2cc(OC)c(O)cc2[C@@H](c2ccc(O)c(OC)c2)[C@@H]1C(=O)OC. The molecule has 2 aromatic rings. The van der Waals surface area contributed by atoms with Gasteiger partial charge in [0.15, 0.2) is 23.0 Å². The first kappa shape index (κ1) is 21.3. The number of hydrogen-bond acceptors (Lipinski definition) is 8. The molecule has 1 aliphatic carbocycles. The summed E-state index contributed by atoms with van der Waals surface area (Å²) >= 11 is 0. The first-order valence-corrected chi connectivity index (χ1v) is 9.28. The van der Waals surface area contributed by atoms with Gasteiger partial charge in [-0.05, 0) is 41.0 Å². The summed E-state index contributed by atoms with van der Waals surface area (Å²) < 4.78 is 20.3. The highest BCUT2D eigenvalue weighted by Crippen LogP contribution is 2.54. The van der Waals surface area contributed by atoms with Crippen LogP contribution in [0.2, 0.25) is 0 Å². The molecule has 0 aliphatic heterocycles. The Hall–Kier alpha value is -3.42. The van der Waals surface area contributed by atoms with Gasteiger partial charge in [-0.15, -0.1) is 0 Å². The Kier molecular flexibility index (Phi) is 6.05. The van der Waals surface area contributed by atoms with Crippen molar-refractivity contribution >= 4 is 11.9 Å². The minimum atomic E-state index is -0.759. The lowest BCUT2D eigenvalue weighted by molar-refractivity contribution is -0.147. The van der Waals surface area contributed by atoms with Crippen molar-refractivity contribution < 1.29 is 38.7 Å². The van der Waals surface area contributed by atoms with Gasteiger partial charge in [0.25, 0.3) is 0 Å². The number of benzene rings is 2. The third kappa shape index (κ3) is 3.60. The highest BCUT2D eigenvalue weighted by atomic mass is 16.5. The number of esters is 2. The van der Waals surface area contributed by atoms with E-state index in [9.17, 15) is 19.8 Å². The van der Waals surface area contributed by atoms with Gasteiger partial charge < -0.3 is 29.2 Å². The number of carbonyl (C=O) groups is 2. The smallest absolute Gasteiger partial charge is 0.310 e. The molecule has 0 spiro atoms. The highest BCUT2D eigenvalue weighted by molar-refractivity contribution is 5.81. The normalized spacial score (nSPS) is 19.7. The molecule has 2 N–H and O–H groups in total. The molecule has 0 unspecified atom stereocenters. The Balaban J connectivity index is 2.25. The molecule has 0 amide bonds. The lowest BCUT2D eigenvalue weighted by atomic mass is 9.81. The molecule has 8 heteroatoms. The highest BCUT2D eigenvalue weighted by Gasteiger charge is 2.48. The van der Waals surface area contributed by atoms with Gasteiger partial charge in [0, 0.05) is 11.8 Å². The number of aromatic hydroxyl groups is 2. The molecule has 160 valence electrons. The van der Waals surface area contributed by atoms with Crippen molar-refractivity contribution in [1.82, 2.24) is 0 Å². The molecule has 30 heavy (non-hydrogen) atoms. The Bertz CT molecular complexity index is 968. The predicted molar refractivity (Wildman–Crippen MR) is 106 cm³/mol. The second-order valence-corrected chi connectivity index (χ2v) is 7.00. The minimum Gasteiger partial charge on any atom is -0.504 e. The number of methoxy groups -OCH3 is 4. The zero-order chi connectivity index (χ0) is 22.0. The monoisotopic (exact) mass is 416 g/mol. The maximum Gasteiger partial charge on any atom is 0.310 e. The molecule has 0 saturated carbocycles. The van der Waals surface area contributed by atoms with Gasteiger partial charge in [0.05, 0.1) is 40.8 Å². The fraction of sp³-hybridized carbons (Fsp3) is 0.364. The average molecular weight is 416 g/mol. The molecule has 3 rings (SSSR count). The van der Waals surface area contributed by atoms with E-state index in [1.807, 2.05) is 0 Å². The van der Waals surface area contributed by atoms with Crippen molar-refractivity contribution in [2.24, 2.45) is 5.92 Å². The molecule has 0 bridgehead atoms. The topological polar surface area (TPSA) is 112 Å². The molecule has 0 fully saturated rings. The first-order valence-electron chi connectivity index (χ1n) is 9.28. The second kappa shape index (κ2) is 8.52. The van der Waals surface area contributed by atoms with Crippen molar-refractivity contribution in [3.05, 3.63) is 47.0 Å². The molecular weight excluding hydrogens is 392 g/mol. The lowest BCUT2D eigenvalue weighted by Gasteiger charge is -2.23. The number of hydrogen-bond donors (Lipinski definition) is 2. The Morgan fingerprint density at radius 3 is 2.13 bits per heavy atom. The molecule has 0 aromatic heterocycles. The Labute approximate surface area is 173 Å². The van der Waals surface area contributed by atoms with E-state index in [-0.39, 0.29) is 29.4 Å². The zero-order valence-corrected chi connectivity index (χ0v) is 17.2. The van der Waals surface area contributed by atoms with Gasteiger partial charge >= 0.3 is 11.9 Å². The summed E-state index contributed by atoms with van der Waals surface area (Å²) in [6.45, 7) is 0. The number of ether oxygens (including phenoxy) is 4. The van der Waals surface area contributed by atoms with Crippen LogP contribution in [0.25, 0.3) is 0 Å².